The van der Waals surface area contributed by atoms with Crippen LogP contribution in [-0.4, -0.2) is 41.4 Å². The number of ether oxygens (including phenoxy) is 1. The number of halogens is 1. The fourth-order valence-electron chi connectivity index (χ4n) is 1.89. The van der Waals surface area contributed by atoms with E-state index < -0.39 is 0 Å². The molecule has 0 bridgehead atoms. The second-order valence-electron chi connectivity index (χ2n) is 3.67. The highest BCUT2D eigenvalue weighted by Crippen LogP contribution is 2.21. The number of amides is 1. The Morgan fingerprint density at radius 1 is 1.46 bits per heavy atom. The van der Waals surface area contributed by atoms with E-state index in [2.05, 4.69) is 15.9 Å². The number of hydrogen-bond acceptors (Lipinski definition) is 2. The Morgan fingerprint density at radius 3 is 2.85 bits per heavy atom. The van der Waals surface area contributed by atoms with Gasteiger partial charge >= 0.3 is 0 Å². The number of alkyl halides is 1. The Morgan fingerprint density at radius 2 is 2.31 bits per heavy atom. The standard InChI is InChI=1S/C9H14BrNO2/c10-7-3-4-11(6-7)9(12)8-2-1-5-13-8/h7-8H,1-6H2. The predicted octanol–water partition coefficient (Wildman–Crippen LogP) is 1.16. The summed E-state index contributed by atoms with van der Waals surface area (Å²) < 4.78 is 5.36. The van der Waals surface area contributed by atoms with Crippen LogP contribution in [-0.2, 0) is 9.53 Å². The van der Waals surface area contributed by atoms with Gasteiger partial charge in [0, 0.05) is 24.5 Å². The summed E-state index contributed by atoms with van der Waals surface area (Å²) in [7, 11) is 0. The van der Waals surface area contributed by atoms with Gasteiger partial charge in [-0.3, -0.25) is 4.79 Å². The zero-order chi connectivity index (χ0) is 9.26. The summed E-state index contributed by atoms with van der Waals surface area (Å²) in [4.78, 5) is 14.2. The van der Waals surface area contributed by atoms with Gasteiger partial charge in [-0.25, -0.2) is 0 Å². The van der Waals surface area contributed by atoms with E-state index in [1.165, 1.54) is 0 Å². The van der Waals surface area contributed by atoms with Crippen molar-refractivity contribution < 1.29 is 9.53 Å². The molecule has 74 valence electrons. The van der Waals surface area contributed by atoms with Crippen molar-refractivity contribution in [1.29, 1.82) is 0 Å². The van der Waals surface area contributed by atoms with E-state index in [1.807, 2.05) is 4.90 Å². The molecule has 3 nitrogen and oxygen atoms in total. The molecule has 0 saturated carbocycles. The van der Waals surface area contributed by atoms with Gasteiger partial charge in [-0.15, -0.1) is 0 Å². The lowest BCUT2D eigenvalue weighted by Crippen LogP contribution is -2.37. The topological polar surface area (TPSA) is 29.5 Å². The Bertz CT molecular complexity index is 204. The molecule has 0 aliphatic carbocycles. The van der Waals surface area contributed by atoms with Crippen LogP contribution in [0.2, 0.25) is 0 Å². The Hall–Kier alpha value is -0.0900. The highest BCUT2D eigenvalue weighted by molar-refractivity contribution is 9.09. The number of carbonyl (C=O) groups is 1. The van der Waals surface area contributed by atoms with Crippen LogP contribution >= 0.6 is 15.9 Å². The van der Waals surface area contributed by atoms with E-state index in [0.29, 0.717) is 4.83 Å². The summed E-state index contributed by atoms with van der Waals surface area (Å²) in [5.41, 5.74) is 0. The van der Waals surface area contributed by atoms with Crippen molar-refractivity contribution in [2.24, 2.45) is 0 Å². The molecule has 0 N–H and O–H groups in total. The summed E-state index contributed by atoms with van der Waals surface area (Å²) in [6, 6.07) is 0. The van der Waals surface area contributed by atoms with Crippen LogP contribution in [0.3, 0.4) is 0 Å². The quantitative estimate of drug-likeness (QED) is 0.652. The molecule has 2 aliphatic heterocycles. The predicted molar refractivity (Wildman–Crippen MR) is 52.9 cm³/mol. The van der Waals surface area contributed by atoms with Crippen LogP contribution < -0.4 is 0 Å². The molecule has 13 heavy (non-hydrogen) atoms. The molecule has 0 aromatic carbocycles. The number of rotatable bonds is 1. The molecule has 2 atom stereocenters. The van der Waals surface area contributed by atoms with Crippen molar-refractivity contribution >= 4 is 21.8 Å². The molecular formula is C9H14BrNO2. The van der Waals surface area contributed by atoms with Crippen LogP contribution in [0.15, 0.2) is 0 Å². The van der Waals surface area contributed by atoms with Crippen molar-refractivity contribution in [2.75, 3.05) is 19.7 Å². The molecule has 0 aromatic rings. The van der Waals surface area contributed by atoms with Gasteiger partial charge in [-0.05, 0) is 19.3 Å². The highest BCUT2D eigenvalue weighted by Gasteiger charge is 2.31. The number of carbonyl (C=O) groups excluding carboxylic acids is 1. The van der Waals surface area contributed by atoms with E-state index in [9.17, 15) is 4.79 Å². The number of likely N-dealkylation sites (tertiary alicyclic amines) is 1. The second-order valence-corrected chi connectivity index (χ2v) is 4.97. The van der Waals surface area contributed by atoms with Crippen molar-refractivity contribution in [1.82, 2.24) is 4.90 Å². The van der Waals surface area contributed by atoms with Gasteiger partial charge in [-0.2, -0.15) is 0 Å². The van der Waals surface area contributed by atoms with Crippen LogP contribution in [0, 0.1) is 0 Å². The Balaban J connectivity index is 1.89. The first kappa shape index (κ1) is 9.46. The molecule has 2 fully saturated rings. The summed E-state index contributed by atoms with van der Waals surface area (Å²) in [6.45, 7) is 2.48. The molecular weight excluding hydrogens is 234 g/mol. The minimum Gasteiger partial charge on any atom is -0.368 e. The van der Waals surface area contributed by atoms with Crippen LogP contribution in [0.4, 0.5) is 0 Å². The lowest BCUT2D eigenvalue weighted by Gasteiger charge is -2.19. The van der Waals surface area contributed by atoms with E-state index in [1.54, 1.807) is 0 Å². The summed E-state index contributed by atoms with van der Waals surface area (Å²) in [5.74, 6) is 0.194. The first-order valence-corrected chi connectivity index (χ1v) is 5.73. The van der Waals surface area contributed by atoms with Crippen molar-refractivity contribution in [3.63, 3.8) is 0 Å². The third-order valence-corrected chi connectivity index (χ3v) is 3.39. The Labute approximate surface area is 86.5 Å². The Kier molecular flexibility index (Phi) is 2.89. The van der Waals surface area contributed by atoms with Gasteiger partial charge in [0.25, 0.3) is 5.91 Å². The van der Waals surface area contributed by atoms with Crippen molar-refractivity contribution in [2.45, 2.75) is 30.2 Å². The molecule has 0 spiro atoms. The van der Waals surface area contributed by atoms with E-state index >= 15 is 0 Å². The maximum Gasteiger partial charge on any atom is 0.251 e. The molecule has 4 heteroatoms. The molecule has 2 aliphatic rings. The third-order valence-electron chi connectivity index (χ3n) is 2.65. The summed E-state index contributed by atoms with van der Waals surface area (Å²) in [5, 5.41) is 0. The van der Waals surface area contributed by atoms with E-state index in [-0.39, 0.29) is 12.0 Å². The molecule has 0 aromatic heterocycles. The van der Waals surface area contributed by atoms with E-state index in [0.717, 1.165) is 39.0 Å². The highest BCUT2D eigenvalue weighted by atomic mass is 79.9. The lowest BCUT2D eigenvalue weighted by molar-refractivity contribution is -0.139. The lowest BCUT2D eigenvalue weighted by atomic mass is 10.2. The summed E-state index contributed by atoms with van der Waals surface area (Å²) >= 11 is 3.52. The first-order chi connectivity index (χ1) is 6.27. The molecule has 0 radical (unpaired) electrons. The fourth-order valence-corrected chi connectivity index (χ4v) is 2.45. The fraction of sp³-hybridized carbons (Fsp3) is 0.889. The van der Waals surface area contributed by atoms with Gasteiger partial charge in [0.15, 0.2) is 0 Å². The van der Waals surface area contributed by atoms with Crippen molar-refractivity contribution in [3.05, 3.63) is 0 Å². The summed E-state index contributed by atoms with van der Waals surface area (Å²) in [6.07, 6.45) is 2.86. The monoisotopic (exact) mass is 247 g/mol. The van der Waals surface area contributed by atoms with E-state index in [4.69, 9.17) is 4.74 Å². The zero-order valence-electron chi connectivity index (χ0n) is 7.54. The molecule has 2 heterocycles. The van der Waals surface area contributed by atoms with Crippen LogP contribution in [0.25, 0.3) is 0 Å². The van der Waals surface area contributed by atoms with Crippen molar-refractivity contribution in [3.8, 4) is 0 Å². The second kappa shape index (κ2) is 3.96. The van der Waals surface area contributed by atoms with Gasteiger partial charge < -0.3 is 9.64 Å². The average Bonchev–Trinajstić information content (AvgIpc) is 2.72. The van der Waals surface area contributed by atoms with Gasteiger partial charge in [0.1, 0.15) is 6.10 Å². The third kappa shape index (κ3) is 2.05. The molecule has 1 amide bonds. The SMILES string of the molecule is O=C(C1CCCO1)N1CCC(Br)C1. The van der Waals surface area contributed by atoms with Gasteiger partial charge in [0.05, 0.1) is 0 Å². The number of nitrogens with zero attached hydrogens (tertiary/aromatic N) is 1. The average molecular weight is 248 g/mol. The van der Waals surface area contributed by atoms with Gasteiger partial charge in [-0.1, -0.05) is 15.9 Å². The normalized spacial score (nSPS) is 34.1. The first-order valence-electron chi connectivity index (χ1n) is 4.82. The zero-order valence-corrected chi connectivity index (χ0v) is 9.13. The number of hydrogen-bond donors (Lipinski definition) is 0. The molecule has 2 rings (SSSR count). The largest absolute Gasteiger partial charge is 0.368 e. The minimum absolute atomic E-state index is 0.141. The maximum atomic E-state index is 11.8. The maximum absolute atomic E-state index is 11.8. The van der Waals surface area contributed by atoms with Crippen LogP contribution in [0.5, 0.6) is 0 Å². The minimum atomic E-state index is -0.141. The molecule has 2 saturated heterocycles. The smallest absolute Gasteiger partial charge is 0.251 e. The van der Waals surface area contributed by atoms with Crippen LogP contribution in [0.1, 0.15) is 19.3 Å². The molecule has 2 unspecified atom stereocenters. The van der Waals surface area contributed by atoms with Gasteiger partial charge in [0.2, 0.25) is 0 Å².